The molecule has 0 radical (unpaired) electrons. The Labute approximate surface area is 121 Å². The predicted octanol–water partition coefficient (Wildman–Crippen LogP) is 4.06. The van der Waals surface area contributed by atoms with Crippen LogP contribution >= 0.6 is 11.3 Å². The Bertz CT molecular complexity index is 619. The fraction of sp³-hybridized carbons (Fsp3) is 0.467. The van der Waals surface area contributed by atoms with Crippen LogP contribution in [0, 0.1) is 5.82 Å². The van der Waals surface area contributed by atoms with Gasteiger partial charge in [-0.05, 0) is 31.9 Å². The molecule has 5 heteroatoms. The maximum absolute atomic E-state index is 13.3. The summed E-state index contributed by atoms with van der Waals surface area (Å²) in [5.74, 6) is -0.561. The second-order valence-corrected chi connectivity index (χ2v) is 5.67. The second-order valence-electron chi connectivity index (χ2n) is 4.64. The van der Waals surface area contributed by atoms with E-state index >= 15 is 0 Å². The first-order chi connectivity index (χ1) is 9.57. The number of nitrogens with zero attached hydrogens (tertiary/aromatic N) is 1. The van der Waals surface area contributed by atoms with Crippen LogP contribution < -0.4 is 0 Å². The number of esters is 1. The number of ether oxygens (including phenoxy) is 1. The number of carbonyl (C=O) groups is 1. The Hall–Kier alpha value is -1.49. The van der Waals surface area contributed by atoms with E-state index in [1.807, 2.05) is 13.8 Å². The number of hydrogen-bond acceptors (Lipinski definition) is 4. The lowest BCUT2D eigenvalue weighted by molar-refractivity contribution is -0.150. The summed E-state index contributed by atoms with van der Waals surface area (Å²) in [5.41, 5.74) is -0.128. The molecule has 0 fully saturated rings. The summed E-state index contributed by atoms with van der Waals surface area (Å²) in [5, 5.41) is 0.710. The van der Waals surface area contributed by atoms with Crippen LogP contribution in [-0.4, -0.2) is 17.6 Å². The van der Waals surface area contributed by atoms with Crippen LogP contribution in [0.3, 0.4) is 0 Å². The van der Waals surface area contributed by atoms with Crippen molar-refractivity contribution in [3.63, 3.8) is 0 Å². The standard InChI is InChI=1S/C15H18FNO2S/c1-4-15(5-2,14(18)19-6-3)13-17-11-9-10(16)7-8-12(11)20-13/h7-9H,4-6H2,1-3H3. The van der Waals surface area contributed by atoms with Crippen LogP contribution in [0.15, 0.2) is 18.2 Å². The average Bonchev–Trinajstić information content (AvgIpc) is 2.84. The number of thiazole rings is 1. The van der Waals surface area contributed by atoms with Crippen molar-refractivity contribution >= 4 is 27.5 Å². The molecule has 0 spiro atoms. The van der Waals surface area contributed by atoms with Crippen molar-refractivity contribution in [1.82, 2.24) is 4.98 Å². The van der Waals surface area contributed by atoms with Gasteiger partial charge in [-0.3, -0.25) is 4.79 Å². The number of halogens is 1. The molecule has 20 heavy (non-hydrogen) atoms. The third kappa shape index (κ3) is 2.42. The van der Waals surface area contributed by atoms with E-state index in [1.54, 1.807) is 13.0 Å². The molecule has 2 aromatic rings. The molecule has 0 aliphatic heterocycles. The van der Waals surface area contributed by atoms with Crippen molar-refractivity contribution in [2.75, 3.05) is 6.61 Å². The topological polar surface area (TPSA) is 39.2 Å². The zero-order valence-electron chi connectivity index (χ0n) is 11.9. The summed E-state index contributed by atoms with van der Waals surface area (Å²) < 4.78 is 19.4. The van der Waals surface area contributed by atoms with Crippen LogP contribution in [0.1, 0.15) is 38.6 Å². The van der Waals surface area contributed by atoms with Gasteiger partial charge in [-0.2, -0.15) is 0 Å². The molecule has 0 bridgehead atoms. The molecule has 0 saturated heterocycles. The Balaban J connectivity index is 2.53. The van der Waals surface area contributed by atoms with Crippen LogP contribution in [0.2, 0.25) is 0 Å². The molecule has 108 valence electrons. The first-order valence-electron chi connectivity index (χ1n) is 6.81. The van der Waals surface area contributed by atoms with Gasteiger partial charge in [-0.1, -0.05) is 13.8 Å². The smallest absolute Gasteiger partial charge is 0.319 e. The van der Waals surface area contributed by atoms with Crippen LogP contribution in [0.25, 0.3) is 10.2 Å². The highest BCUT2D eigenvalue weighted by molar-refractivity contribution is 7.18. The van der Waals surface area contributed by atoms with Crippen LogP contribution in [0.4, 0.5) is 4.39 Å². The van der Waals surface area contributed by atoms with E-state index in [4.69, 9.17) is 4.74 Å². The summed E-state index contributed by atoms with van der Waals surface area (Å²) >= 11 is 1.44. The maximum atomic E-state index is 13.3. The summed E-state index contributed by atoms with van der Waals surface area (Å²) in [7, 11) is 0. The number of fused-ring (bicyclic) bond motifs is 1. The van der Waals surface area contributed by atoms with Crippen molar-refractivity contribution < 1.29 is 13.9 Å². The molecule has 0 unspecified atom stereocenters. The van der Waals surface area contributed by atoms with Crippen LogP contribution in [0.5, 0.6) is 0 Å². The van der Waals surface area contributed by atoms with Gasteiger partial charge in [0.15, 0.2) is 0 Å². The normalized spacial score (nSPS) is 11.8. The second kappa shape index (κ2) is 5.87. The lowest BCUT2D eigenvalue weighted by Crippen LogP contribution is -2.36. The zero-order valence-corrected chi connectivity index (χ0v) is 12.7. The van der Waals surface area contributed by atoms with Gasteiger partial charge in [0, 0.05) is 6.07 Å². The number of aromatic nitrogens is 1. The average molecular weight is 295 g/mol. The molecule has 0 saturated carbocycles. The van der Waals surface area contributed by atoms with Gasteiger partial charge in [-0.25, -0.2) is 9.37 Å². The predicted molar refractivity (Wildman–Crippen MR) is 78.5 cm³/mol. The first-order valence-corrected chi connectivity index (χ1v) is 7.62. The minimum atomic E-state index is -0.726. The first kappa shape index (κ1) is 14.9. The van der Waals surface area contributed by atoms with Gasteiger partial charge >= 0.3 is 5.97 Å². The van der Waals surface area contributed by atoms with Gasteiger partial charge in [-0.15, -0.1) is 11.3 Å². The highest BCUT2D eigenvalue weighted by atomic mass is 32.1. The Morgan fingerprint density at radius 2 is 2.05 bits per heavy atom. The Morgan fingerprint density at radius 1 is 1.35 bits per heavy atom. The molecule has 3 nitrogen and oxygen atoms in total. The lowest BCUT2D eigenvalue weighted by atomic mass is 9.83. The van der Waals surface area contributed by atoms with Crippen LogP contribution in [-0.2, 0) is 14.9 Å². The van der Waals surface area contributed by atoms with Crippen molar-refractivity contribution in [2.45, 2.75) is 39.0 Å². The highest BCUT2D eigenvalue weighted by Gasteiger charge is 2.41. The highest BCUT2D eigenvalue weighted by Crippen LogP contribution is 2.38. The molecule has 0 N–H and O–H groups in total. The fourth-order valence-corrected chi connectivity index (χ4v) is 3.57. The van der Waals surface area contributed by atoms with E-state index in [9.17, 15) is 9.18 Å². The molecular formula is C15H18FNO2S. The van der Waals surface area contributed by atoms with Crippen molar-refractivity contribution in [3.05, 3.63) is 29.0 Å². The fourth-order valence-electron chi connectivity index (χ4n) is 2.30. The van der Waals surface area contributed by atoms with Gasteiger partial charge in [0.1, 0.15) is 16.2 Å². The molecular weight excluding hydrogens is 277 g/mol. The summed E-state index contributed by atoms with van der Waals surface area (Å²) in [6.45, 7) is 6.04. The van der Waals surface area contributed by atoms with E-state index in [1.165, 1.54) is 23.5 Å². The van der Waals surface area contributed by atoms with Crippen molar-refractivity contribution in [1.29, 1.82) is 0 Å². The summed E-state index contributed by atoms with van der Waals surface area (Å²) in [4.78, 5) is 16.8. The van der Waals surface area contributed by atoms with Gasteiger partial charge in [0.2, 0.25) is 0 Å². The van der Waals surface area contributed by atoms with E-state index in [2.05, 4.69) is 4.98 Å². The lowest BCUT2D eigenvalue weighted by Gasteiger charge is -2.26. The number of hydrogen-bond donors (Lipinski definition) is 0. The number of benzene rings is 1. The molecule has 0 aliphatic carbocycles. The SMILES string of the molecule is CCOC(=O)C(CC)(CC)c1nc2cc(F)ccc2s1. The molecule has 0 aliphatic rings. The molecule has 1 aromatic carbocycles. The molecule has 2 rings (SSSR count). The number of carbonyl (C=O) groups excluding carboxylic acids is 1. The molecule has 1 aromatic heterocycles. The molecule has 0 atom stereocenters. The van der Waals surface area contributed by atoms with Gasteiger partial charge < -0.3 is 4.74 Å². The Morgan fingerprint density at radius 3 is 2.65 bits per heavy atom. The minimum absolute atomic E-state index is 0.246. The summed E-state index contributed by atoms with van der Waals surface area (Å²) in [6, 6.07) is 4.51. The van der Waals surface area contributed by atoms with Gasteiger partial charge in [0.05, 0.1) is 16.8 Å². The van der Waals surface area contributed by atoms with E-state index in [0.717, 1.165) is 4.70 Å². The third-order valence-electron chi connectivity index (χ3n) is 3.63. The largest absolute Gasteiger partial charge is 0.465 e. The quantitative estimate of drug-likeness (QED) is 0.781. The monoisotopic (exact) mass is 295 g/mol. The molecule has 0 amide bonds. The Kier molecular flexibility index (Phi) is 4.38. The summed E-state index contributed by atoms with van der Waals surface area (Å²) in [6.07, 6.45) is 1.23. The van der Waals surface area contributed by atoms with Gasteiger partial charge in [0.25, 0.3) is 0 Å². The van der Waals surface area contributed by atoms with E-state index in [0.29, 0.717) is 30.0 Å². The zero-order chi connectivity index (χ0) is 14.8. The molecule has 1 heterocycles. The number of rotatable bonds is 5. The van der Waals surface area contributed by atoms with Crippen molar-refractivity contribution in [2.24, 2.45) is 0 Å². The van der Waals surface area contributed by atoms with E-state index < -0.39 is 5.41 Å². The van der Waals surface area contributed by atoms with E-state index in [-0.39, 0.29) is 11.8 Å². The van der Waals surface area contributed by atoms with Crippen molar-refractivity contribution in [3.8, 4) is 0 Å². The third-order valence-corrected chi connectivity index (χ3v) is 4.87. The maximum Gasteiger partial charge on any atom is 0.319 e. The minimum Gasteiger partial charge on any atom is -0.465 e.